The Kier molecular flexibility index (Phi) is 27.5. The molecule has 0 spiro atoms. The van der Waals surface area contributed by atoms with Gasteiger partial charge in [0.1, 0.15) is 0 Å². The third-order valence-corrected chi connectivity index (χ3v) is 5.04. The summed E-state index contributed by atoms with van der Waals surface area (Å²) in [5, 5.41) is 20.7. The van der Waals surface area contributed by atoms with Crippen LogP contribution in [0.5, 0.6) is 0 Å². The zero-order chi connectivity index (χ0) is 18.4. The highest BCUT2D eigenvalue weighted by Crippen LogP contribution is 2.13. The van der Waals surface area contributed by atoms with Gasteiger partial charge in [-0.15, -0.1) is 12.4 Å². The summed E-state index contributed by atoms with van der Waals surface area (Å²) in [5.41, 5.74) is 0. The van der Waals surface area contributed by atoms with E-state index >= 15 is 0 Å². The van der Waals surface area contributed by atoms with E-state index in [9.17, 15) is 0 Å². The lowest BCUT2D eigenvalue weighted by molar-refractivity contribution is -0.0443. The lowest BCUT2D eigenvalue weighted by atomic mass is 10.0. The molecule has 3 N–H and O–H groups in total. The van der Waals surface area contributed by atoms with Crippen LogP contribution >= 0.6 is 12.4 Å². The Morgan fingerprint density at radius 2 is 0.885 bits per heavy atom. The van der Waals surface area contributed by atoms with Crippen molar-refractivity contribution in [2.75, 3.05) is 13.1 Å². The summed E-state index contributed by atoms with van der Waals surface area (Å²) in [5.74, 6) is 0. The van der Waals surface area contributed by atoms with Crippen molar-refractivity contribution in [3.63, 3.8) is 0 Å². The fraction of sp³-hybridized carbons (Fsp3) is 1.00. The van der Waals surface area contributed by atoms with Gasteiger partial charge in [-0.3, -0.25) is 0 Å². The maximum atomic E-state index is 8.72. The molecule has 0 atom stereocenters. The molecule has 0 saturated carbocycles. The van der Waals surface area contributed by atoms with Gasteiger partial charge in [0.15, 0.2) is 6.29 Å². The largest absolute Gasteiger partial charge is 0.368 e. The van der Waals surface area contributed by atoms with E-state index in [0.29, 0.717) is 13.0 Å². The van der Waals surface area contributed by atoms with Crippen molar-refractivity contribution < 1.29 is 10.2 Å². The molecule has 0 heterocycles. The van der Waals surface area contributed by atoms with Gasteiger partial charge in [0.2, 0.25) is 0 Å². The summed E-state index contributed by atoms with van der Waals surface area (Å²) >= 11 is 0. The highest BCUT2D eigenvalue weighted by atomic mass is 35.5. The zero-order valence-electron chi connectivity index (χ0n) is 17.5. The highest BCUT2D eigenvalue weighted by Gasteiger charge is 1.96. The van der Waals surface area contributed by atoms with Gasteiger partial charge in [-0.1, -0.05) is 110 Å². The third kappa shape index (κ3) is 26.4. The van der Waals surface area contributed by atoms with E-state index in [1.807, 2.05) is 0 Å². The number of hydrogen-bond acceptors (Lipinski definition) is 3. The van der Waals surface area contributed by atoms with Crippen molar-refractivity contribution in [1.29, 1.82) is 0 Å². The van der Waals surface area contributed by atoms with Gasteiger partial charge in [-0.25, -0.2) is 0 Å². The summed E-state index contributed by atoms with van der Waals surface area (Å²) in [4.78, 5) is 0. The molecule has 0 aromatic heterocycles. The lowest BCUT2D eigenvalue weighted by Gasteiger charge is -2.06. The topological polar surface area (TPSA) is 52.5 Å². The number of halogens is 1. The molecular formula is C22H48ClNO2. The van der Waals surface area contributed by atoms with E-state index in [1.165, 1.54) is 109 Å². The van der Waals surface area contributed by atoms with Gasteiger partial charge in [0, 0.05) is 6.42 Å². The number of unbranched alkanes of at least 4 members (excludes halogenated alkanes) is 16. The Bertz CT molecular complexity index is 240. The van der Waals surface area contributed by atoms with Crippen molar-refractivity contribution in [3.8, 4) is 0 Å². The minimum atomic E-state index is -1.16. The van der Waals surface area contributed by atoms with E-state index < -0.39 is 6.29 Å². The van der Waals surface area contributed by atoms with Crippen molar-refractivity contribution in [1.82, 2.24) is 5.32 Å². The molecule has 0 aliphatic carbocycles. The van der Waals surface area contributed by atoms with Gasteiger partial charge in [0.25, 0.3) is 0 Å². The molecule has 3 nitrogen and oxygen atoms in total. The Morgan fingerprint density at radius 1 is 0.538 bits per heavy atom. The van der Waals surface area contributed by atoms with Crippen LogP contribution in [0.1, 0.15) is 122 Å². The second-order valence-corrected chi connectivity index (χ2v) is 7.68. The van der Waals surface area contributed by atoms with Crippen molar-refractivity contribution >= 4 is 12.4 Å². The smallest absolute Gasteiger partial charge is 0.152 e. The summed E-state index contributed by atoms with van der Waals surface area (Å²) in [6.45, 7) is 4.00. The molecule has 0 rings (SSSR count). The average molecular weight is 394 g/mol. The predicted molar refractivity (Wildman–Crippen MR) is 117 cm³/mol. The lowest BCUT2D eigenvalue weighted by Crippen LogP contribution is -2.21. The summed E-state index contributed by atoms with van der Waals surface area (Å²) in [6, 6.07) is 0. The maximum absolute atomic E-state index is 8.72. The zero-order valence-corrected chi connectivity index (χ0v) is 18.3. The normalized spacial score (nSPS) is 11.1. The first-order valence-corrected chi connectivity index (χ1v) is 11.3. The number of hydrogen-bond donors (Lipinski definition) is 3. The molecule has 0 saturated heterocycles. The average Bonchev–Trinajstić information content (AvgIpc) is 2.60. The molecule has 160 valence electrons. The van der Waals surface area contributed by atoms with E-state index in [1.54, 1.807) is 0 Å². The molecule has 0 amide bonds. The minimum Gasteiger partial charge on any atom is -0.368 e. The number of aliphatic hydroxyl groups is 2. The molecule has 0 bridgehead atoms. The van der Waals surface area contributed by atoms with E-state index in [-0.39, 0.29) is 12.4 Å². The van der Waals surface area contributed by atoms with Crippen molar-refractivity contribution in [3.05, 3.63) is 0 Å². The number of nitrogens with one attached hydrogen (secondary N) is 1. The first-order valence-electron chi connectivity index (χ1n) is 11.3. The van der Waals surface area contributed by atoms with Crippen LogP contribution in [0.3, 0.4) is 0 Å². The van der Waals surface area contributed by atoms with Crippen molar-refractivity contribution in [2.45, 2.75) is 129 Å². The first-order chi connectivity index (χ1) is 12.3. The minimum absolute atomic E-state index is 0. The van der Waals surface area contributed by atoms with Crippen LogP contribution in [0.25, 0.3) is 0 Å². The molecular weight excluding hydrogens is 346 g/mol. The Morgan fingerprint density at radius 3 is 1.23 bits per heavy atom. The van der Waals surface area contributed by atoms with E-state index in [4.69, 9.17) is 10.2 Å². The van der Waals surface area contributed by atoms with Crippen LogP contribution in [-0.2, 0) is 0 Å². The van der Waals surface area contributed by atoms with Crippen molar-refractivity contribution in [2.24, 2.45) is 0 Å². The molecule has 0 aromatic carbocycles. The molecule has 0 unspecified atom stereocenters. The van der Waals surface area contributed by atoms with Crippen LogP contribution in [0.4, 0.5) is 0 Å². The predicted octanol–water partition coefficient (Wildman–Crippen LogP) is 6.35. The monoisotopic (exact) mass is 393 g/mol. The van der Waals surface area contributed by atoms with Crippen LogP contribution in [0, 0.1) is 0 Å². The first kappa shape index (κ1) is 28.4. The van der Waals surface area contributed by atoms with Gasteiger partial charge >= 0.3 is 0 Å². The van der Waals surface area contributed by atoms with Gasteiger partial charge < -0.3 is 15.5 Å². The Hall–Kier alpha value is 0.170. The third-order valence-electron chi connectivity index (χ3n) is 5.04. The summed E-state index contributed by atoms with van der Waals surface area (Å²) < 4.78 is 0. The Balaban J connectivity index is 0. The highest BCUT2D eigenvalue weighted by molar-refractivity contribution is 5.85. The van der Waals surface area contributed by atoms with Gasteiger partial charge in [0.05, 0.1) is 0 Å². The van der Waals surface area contributed by atoms with Gasteiger partial charge in [-0.2, -0.15) is 0 Å². The van der Waals surface area contributed by atoms with Crippen LogP contribution in [0.15, 0.2) is 0 Å². The standard InChI is InChI=1S/C22H47NO2.ClH/c1-2-3-4-5-6-7-8-9-10-11-12-13-14-15-16-17-18-20-23-21-19-22(24)25;/h22-25H,2-21H2,1H3;1H. The summed E-state index contributed by atoms with van der Waals surface area (Å²) in [7, 11) is 0. The molecule has 4 heteroatoms. The number of aliphatic hydroxyl groups excluding tert-OH is 1. The van der Waals surface area contributed by atoms with Crippen LogP contribution < -0.4 is 5.32 Å². The van der Waals surface area contributed by atoms with E-state index in [2.05, 4.69) is 12.2 Å². The second kappa shape index (κ2) is 25.2. The molecule has 0 aromatic rings. The number of rotatable bonds is 21. The van der Waals surface area contributed by atoms with Gasteiger partial charge in [-0.05, 0) is 19.5 Å². The molecule has 0 radical (unpaired) electrons. The fourth-order valence-corrected chi connectivity index (χ4v) is 3.33. The molecule has 26 heavy (non-hydrogen) atoms. The molecule has 0 aliphatic rings. The fourth-order valence-electron chi connectivity index (χ4n) is 3.33. The molecule has 0 aliphatic heterocycles. The Labute approximate surface area is 170 Å². The van der Waals surface area contributed by atoms with Crippen LogP contribution in [-0.4, -0.2) is 29.6 Å². The second-order valence-electron chi connectivity index (χ2n) is 7.68. The maximum Gasteiger partial charge on any atom is 0.152 e. The summed E-state index contributed by atoms with van der Waals surface area (Å²) in [6.07, 6.45) is 23.2. The van der Waals surface area contributed by atoms with E-state index in [0.717, 1.165) is 6.54 Å². The quantitative estimate of drug-likeness (QED) is 0.157. The molecule has 0 fully saturated rings. The van der Waals surface area contributed by atoms with Crippen LogP contribution in [0.2, 0.25) is 0 Å². The SMILES string of the molecule is CCCCCCCCCCCCCCCCCCCNCCC(O)O.Cl.